The van der Waals surface area contributed by atoms with Crippen molar-refractivity contribution in [2.24, 2.45) is 0 Å². The number of carbonyl (C=O) groups is 1. The first-order chi connectivity index (χ1) is 11.1. The molecule has 0 aliphatic carbocycles. The summed E-state index contributed by atoms with van der Waals surface area (Å²) in [6, 6.07) is 3.40. The zero-order chi connectivity index (χ0) is 16.7. The number of hydrogen-bond acceptors (Lipinski definition) is 4. The highest BCUT2D eigenvalue weighted by Gasteiger charge is 2.18. The number of aromatic nitrogens is 1. The summed E-state index contributed by atoms with van der Waals surface area (Å²) in [5.41, 5.74) is 2.86. The van der Waals surface area contributed by atoms with Crippen LogP contribution >= 0.6 is 0 Å². The van der Waals surface area contributed by atoms with Crippen molar-refractivity contribution < 1.29 is 9.90 Å². The lowest BCUT2D eigenvalue weighted by atomic mass is 10.00. The molecule has 2 rings (SSSR count). The summed E-state index contributed by atoms with van der Waals surface area (Å²) >= 11 is 0. The number of allylic oxidation sites excluding steroid dienone is 1. The summed E-state index contributed by atoms with van der Waals surface area (Å²) in [4.78, 5) is 18.0. The van der Waals surface area contributed by atoms with Crippen molar-refractivity contribution in [2.75, 3.05) is 26.2 Å². The third kappa shape index (κ3) is 4.87. The monoisotopic (exact) mass is 313 g/mol. The van der Waals surface area contributed by atoms with Gasteiger partial charge in [0, 0.05) is 38.6 Å². The summed E-state index contributed by atoms with van der Waals surface area (Å²) in [7, 11) is 0. The molecule has 1 aromatic rings. The second-order valence-electron chi connectivity index (χ2n) is 5.55. The van der Waals surface area contributed by atoms with Gasteiger partial charge in [-0.15, -0.1) is 0 Å². The standard InChI is InChI=1S/C18H23N3O2/c1-3-14-7-9-21(12-15(14)4-2)13-17(22)11-20-18(23)16-6-5-8-19-10-16/h3-6,8,10,17,22H,1-2,7,9,11-13H2,(H,20,23). The van der Waals surface area contributed by atoms with Crippen molar-refractivity contribution in [2.45, 2.75) is 12.5 Å². The van der Waals surface area contributed by atoms with Gasteiger partial charge in [-0.3, -0.25) is 14.7 Å². The maximum atomic E-state index is 11.9. The highest BCUT2D eigenvalue weighted by atomic mass is 16.3. The smallest absolute Gasteiger partial charge is 0.252 e. The first-order valence-electron chi connectivity index (χ1n) is 7.69. The molecule has 0 fully saturated rings. The summed E-state index contributed by atoms with van der Waals surface area (Å²) in [5.74, 6) is -0.226. The molecule has 0 spiro atoms. The Morgan fingerprint density at radius 2 is 2.22 bits per heavy atom. The minimum Gasteiger partial charge on any atom is -0.390 e. The van der Waals surface area contributed by atoms with Crippen LogP contribution in [0.15, 0.2) is 61.0 Å². The van der Waals surface area contributed by atoms with Crippen LogP contribution in [0.3, 0.4) is 0 Å². The zero-order valence-corrected chi connectivity index (χ0v) is 13.2. The number of carbonyl (C=O) groups excluding carboxylic acids is 1. The summed E-state index contributed by atoms with van der Waals surface area (Å²) in [6.07, 6.45) is 7.12. The van der Waals surface area contributed by atoms with Gasteiger partial charge in [0.15, 0.2) is 0 Å². The Bertz CT molecular complexity index is 596. The molecule has 1 aromatic heterocycles. The molecule has 1 atom stereocenters. The van der Waals surface area contributed by atoms with E-state index in [1.807, 2.05) is 12.2 Å². The Morgan fingerprint density at radius 1 is 1.43 bits per heavy atom. The van der Waals surface area contributed by atoms with Crippen molar-refractivity contribution in [3.63, 3.8) is 0 Å². The Hall–Kier alpha value is -2.24. The third-order valence-electron chi connectivity index (χ3n) is 3.89. The number of hydrogen-bond donors (Lipinski definition) is 2. The van der Waals surface area contributed by atoms with Crippen molar-refractivity contribution >= 4 is 5.91 Å². The number of nitrogens with one attached hydrogen (secondary N) is 1. The van der Waals surface area contributed by atoms with E-state index in [1.54, 1.807) is 18.3 Å². The predicted octanol–water partition coefficient (Wildman–Crippen LogP) is 1.55. The molecule has 122 valence electrons. The number of rotatable bonds is 7. The van der Waals surface area contributed by atoms with Crippen LogP contribution in [0.25, 0.3) is 0 Å². The van der Waals surface area contributed by atoms with E-state index in [4.69, 9.17) is 0 Å². The van der Waals surface area contributed by atoms with Gasteiger partial charge < -0.3 is 10.4 Å². The molecule has 0 saturated carbocycles. The molecular formula is C18H23N3O2. The zero-order valence-electron chi connectivity index (χ0n) is 13.2. The van der Waals surface area contributed by atoms with Gasteiger partial charge in [-0.25, -0.2) is 0 Å². The van der Waals surface area contributed by atoms with Crippen LogP contribution in [0.5, 0.6) is 0 Å². The number of pyridine rings is 1. The second-order valence-corrected chi connectivity index (χ2v) is 5.55. The molecule has 1 unspecified atom stereocenters. The average Bonchev–Trinajstić information content (AvgIpc) is 2.60. The molecular weight excluding hydrogens is 290 g/mol. The molecule has 2 heterocycles. The van der Waals surface area contributed by atoms with E-state index in [-0.39, 0.29) is 12.5 Å². The minimum absolute atomic E-state index is 0.214. The van der Waals surface area contributed by atoms with Gasteiger partial charge in [-0.1, -0.05) is 25.3 Å². The quantitative estimate of drug-likeness (QED) is 0.801. The maximum absolute atomic E-state index is 11.9. The molecule has 2 N–H and O–H groups in total. The third-order valence-corrected chi connectivity index (χ3v) is 3.89. The first-order valence-corrected chi connectivity index (χ1v) is 7.69. The van der Waals surface area contributed by atoms with E-state index in [1.165, 1.54) is 11.8 Å². The number of nitrogens with zero attached hydrogens (tertiary/aromatic N) is 2. The highest BCUT2D eigenvalue weighted by molar-refractivity contribution is 5.93. The largest absolute Gasteiger partial charge is 0.390 e. The first kappa shape index (κ1) is 17.1. The SMILES string of the molecule is C=CC1=C(C=C)CN(CC(O)CNC(=O)c2cccnc2)CC1. The lowest BCUT2D eigenvalue weighted by Crippen LogP contribution is -2.42. The van der Waals surface area contributed by atoms with Gasteiger partial charge in [0.05, 0.1) is 11.7 Å². The van der Waals surface area contributed by atoms with Crippen LogP contribution in [-0.4, -0.2) is 53.2 Å². The van der Waals surface area contributed by atoms with Crippen molar-refractivity contribution in [1.29, 1.82) is 0 Å². The summed E-state index contributed by atoms with van der Waals surface area (Å²) in [5, 5.41) is 12.9. The number of aliphatic hydroxyl groups excluding tert-OH is 1. The van der Waals surface area contributed by atoms with Crippen LogP contribution in [0.2, 0.25) is 0 Å². The number of amides is 1. The van der Waals surface area contributed by atoms with E-state index >= 15 is 0 Å². The molecule has 5 nitrogen and oxygen atoms in total. The van der Waals surface area contributed by atoms with Crippen LogP contribution in [0, 0.1) is 0 Å². The lowest BCUT2D eigenvalue weighted by molar-refractivity contribution is 0.0865. The number of β-amino-alcohol motifs (C(OH)–C–C–N with tert-alkyl or cyclic N) is 1. The molecule has 0 saturated heterocycles. The van der Waals surface area contributed by atoms with E-state index in [2.05, 4.69) is 28.4 Å². The summed E-state index contributed by atoms with van der Waals surface area (Å²) < 4.78 is 0. The van der Waals surface area contributed by atoms with E-state index < -0.39 is 6.10 Å². The average molecular weight is 313 g/mol. The van der Waals surface area contributed by atoms with Gasteiger partial charge in [0.1, 0.15) is 0 Å². The van der Waals surface area contributed by atoms with Crippen LogP contribution in [0.4, 0.5) is 0 Å². The Labute approximate surface area is 137 Å². The molecule has 1 amide bonds. The Kier molecular flexibility index (Phi) is 6.26. The minimum atomic E-state index is -0.619. The molecule has 0 aromatic carbocycles. The Balaban J connectivity index is 1.80. The maximum Gasteiger partial charge on any atom is 0.252 e. The molecule has 1 aliphatic heterocycles. The van der Waals surface area contributed by atoms with Crippen LogP contribution < -0.4 is 5.32 Å². The van der Waals surface area contributed by atoms with Crippen molar-refractivity contribution in [1.82, 2.24) is 15.2 Å². The lowest BCUT2D eigenvalue weighted by Gasteiger charge is -2.30. The fourth-order valence-corrected chi connectivity index (χ4v) is 2.62. The molecule has 23 heavy (non-hydrogen) atoms. The fraction of sp³-hybridized carbons (Fsp3) is 0.333. The van der Waals surface area contributed by atoms with E-state index in [0.717, 1.165) is 25.1 Å². The van der Waals surface area contributed by atoms with Gasteiger partial charge in [-0.05, 0) is 29.7 Å². The van der Waals surface area contributed by atoms with Crippen molar-refractivity contribution in [3.05, 3.63) is 66.5 Å². The van der Waals surface area contributed by atoms with Gasteiger partial charge in [-0.2, -0.15) is 0 Å². The van der Waals surface area contributed by atoms with E-state index in [0.29, 0.717) is 12.1 Å². The normalized spacial score (nSPS) is 16.7. The number of aliphatic hydroxyl groups is 1. The highest BCUT2D eigenvalue weighted by Crippen LogP contribution is 2.19. The van der Waals surface area contributed by atoms with Gasteiger partial charge >= 0.3 is 0 Å². The van der Waals surface area contributed by atoms with Gasteiger partial charge in [0.2, 0.25) is 0 Å². The molecule has 1 aliphatic rings. The van der Waals surface area contributed by atoms with Crippen molar-refractivity contribution in [3.8, 4) is 0 Å². The summed E-state index contributed by atoms with van der Waals surface area (Å²) in [6.45, 7) is 9.99. The Morgan fingerprint density at radius 3 is 2.87 bits per heavy atom. The van der Waals surface area contributed by atoms with Crippen LogP contribution in [0.1, 0.15) is 16.8 Å². The fourth-order valence-electron chi connectivity index (χ4n) is 2.62. The van der Waals surface area contributed by atoms with Crippen LogP contribution in [-0.2, 0) is 0 Å². The molecule has 0 bridgehead atoms. The van der Waals surface area contributed by atoms with E-state index in [9.17, 15) is 9.90 Å². The molecule has 5 heteroatoms. The molecule has 0 radical (unpaired) electrons. The predicted molar refractivity (Wildman–Crippen MR) is 91.1 cm³/mol. The van der Waals surface area contributed by atoms with Gasteiger partial charge in [0.25, 0.3) is 5.91 Å². The second kappa shape index (κ2) is 8.41. The topological polar surface area (TPSA) is 65.5 Å².